The highest BCUT2D eigenvalue weighted by atomic mass is 19.4. The van der Waals surface area contributed by atoms with Crippen LogP contribution < -0.4 is 10.6 Å². The molecular weight excluding hydrogens is 453 g/mol. The van der Waals surface area contributed by atoms with Gasteiger partial charge in [0.25, 0.3) is 0 Å². The average molecular weight is 477 g/mol. The molecule has 0 bridgehead atoms. The van der Waals surface area contributed by atoms with Crippen molar-refractivity contribution >= 4 is 5.91 Å². The van der Waals surface area contributed by atoms with Crippen LogP contribution in [0, 0.1) is 18.6 Å². The van der Waals surface area contributed by atoms with Gasteiger partial charge in [-0.3, -0.25) is 15.1 Å². The third-order valence-electron chi connectivity index (χ3n) is 5.44. The van der Waals surface area contributed by atoms with E-state index >= 15 is 0 Å². The number of nitrogens with one attached hydrogen (secondary N) is 2. The van der Waals surface area contributed by atoms with Gasteiger partial charge in [-0.15, -0.1) is 0 Å². The number of carbonyl (C=O) groups excluding carboxylic acids is 1. The monoisotopic (exact) mass is 477 g/mol. The molecule has 0 aliphatic heterocycles. The van der Waals surface area contributed by atoms with Gasteiger partial charge in [0, 0.05) is 24.8 Å². The van der Waals surface area contributed by atoms with Crippen molar-refractivity contribution in [2.45, 2.75) is 38.0 Å². The van der Waals surface area contributed by atoms with E-state index in [9.17, 15) is 26.7 Å². The Morgan fingerprint density at radius 1 is 1.03 bits per heavy atom. The minimum absolute atomic E-state index is 0.266. The SMILES string of the molecule is CNC(=O)[C@@H](N[C@@H](CCc1ccc(C(F)(F)F)nc1)c1cc(C)ccc1F)c1ccc(F)cc1. The molecule has 0 radical (unpaired) electrons. The summed E-state index contributed by atoms with van der Waals surface area (Å²) in [5, 5.41) is 5.71. The third kappa shape index (κ3) is 6.38. The van der Waals surface area contributed by atoms with Gasteiger partial charge >= 0.3 is 6.18 Å². The number of rotatable bonds is 8. The predicted molar refractivity (Wildman–Crippen MR) is 118 cm³/mol. The molecule has 0 saturated heterocycles. The van der Waals surface area contributed by atoms with Crippen molar-refractivity contribution in [3.8, 4) is 0 Å². The van der Waals surface area contributed by atoms with Crippen LogP contribution in [0.4, 0.5) is 22.0 Å². The maximum absolute atomic E-state index is 14.8. The Labute approximate surface area is 194 Å². The number of benzene rings is 2. The van der Waals surface area contributed by atoms with Crippen molar-refractivity contribution < 1.29 is 26.7 Å². The maximum atomic E-state index is 14.8. The van der Waals surface area contributed by atoms with Gasteiger partial charge in [0.05, 0.1) is 0 Å². The van der Waals surface area contributed by atoms with Crippen LogP contribution in [0.3, 0.4) is 0 Å². The van der Waals surface area contributed by atoms with Crippen LogP contribution in [0.1, 0.15) is 46.5 Å². The first-order chi connectivity index (χ1) is 16.1. The van der Waals surface area contributed by atoms with E-state index in [0.717, 1.165) is 17.8 Å². The summed E-state index contributed by atoms with van der Waals surface area (Å²) in [6.07, 6.45) is -2.85. The van der Waals surface area contributed by atoms with E-state index in [2.05, 4.69) is 15.6 Å². The highest BCUT2D eigenvalue weighted by Crippen LogP contribution is 2.29. The first-order valence-corrected chi connectivity index (χ1v) is 10.6. The number of nitrogens with zero attached hydrogens (tertiary/aromatic N) is 1. The molecule has 9 heteroatoms. The van der Waals surface area contributed by atoms with Crippen LogP contribution in [0.2, 0.25) is 0 Å². The predicted octanol–water partition coefficient (Wildman–Crippen LogP) is 5.44. The van der Waals surface area contributed by atoms with Crippen molar-refractivity contribution in [1.29, 1.82) is 0 Å². The van der Waals surface area contributed by atoms with E-state index in [4.69, 9.17) is 0 Å². The van der Waals surface area contributed by atoms with E-state index in [0.29, 0.717) is 16.7 Å². The Kier molecular flexibility index (Phi) is 7.98. The van der Waals surface area contributed by atoms with Gasteiger partial charge in [0.15, 0.2) is 0 Å². The molecule has 2 atom stereocenters. The zero-order valence-electron chi connectivity index (χ0n) is 18.6. The molecule has 3 rings (SSSR count). The van der Waals surface area contributed by atoms with Gasteiger partial charge in [-0.25, -0.2) is 8.78 Å². The van der Waals surface area contributed by atoms with Gasteiger partial charge in [0.1, 0.15) is 23.4 Å². The zero-order valence-corrected chi connectivity index (χ0v) is 18.6. The second-order valence-corrected chi connectivity index (χ2v) is 7.93. The topological polar surface area (TPSA) is 54.0 Å². The molecular formula is C25H24F5N3O. The van der Waals surface area contributed by atoms with Crippen LogP contribution >= 0.6 is 0 Å². The Morgan fingerprint density at radius 3 is 2.32 bits per heavy atom. The molecule has 0 aliphatic carbocycles. The summed E-state index contributed by atoms with van der Waals surface area (Å²) < 4.78 is 66.6. The van der Waals surface area contributed by atoms with E-state index in [1.54, 1.807) is 19.1 Å². The number of likely N-dealkylation sites (N-methyl/N-ethyl adjacent to an activating group) is 1. The van der Waals surface area contributed by atoms with Gasteiger partial charge in [-0.2, -0.15) is 13.2 Å². The molecule has 3 aromatic rings. The Morgan fingerprint density at radius 2 is 1.74 bits per heavy atom. The normalized spacial score (nSPS) is 13.4. The molecule has 0 unspecified atom stereocenters. The highest BCUT2D eigenvalue weighted by Gasteiger charge is 2.32. The van der Waals surface area contributed by atoms with Crippen molar-refractivity contribution in [3.63, 3.8) is 0 Å². The second kappa shape index (κ2) is 10.7. The first-order valence-electron chi connectivity index (χ1n) is 10.6. The molecule has 0 saturated carbocycles. The number of hydrogen-bond acceptors (Lipinski definition) is 3. The highest BCUT2D eigenvalue weighted by molar-refractivity contribution is 5.83. The number of halogens is 5. The van der Waals surface area contributed by atoms with Gasteiger partial charge in [0.2, 0.25) is 5.91 Å². The lowest BCUT2D eigenvalue weighted by atomic mass is 9.95. The molecule has 180 valence electrons. The van der Waals surface area contributed by atoms with Crippen molar-refractivity contribution in [3.05, 3.63) is 100 Å². The van der Waals surface area contributed by atoms with Crippen molar-refractivity contribution in [2.24, 2.45) is 0 Å². The number of amides is 1. The standard InChI is InChI=1S/C25H24F5N3O/c1-15-3-10-20(27)19(13-15)21(11-4-16-5-12-22(32-14-16)25(28,29)30)33-23(24(34)31-2)17-6-8-18(26)9-7-17/h3,5-10,12-14,21,23,33H,4,11H2,1-2H3,(H,31,34)/t21-,23-/m0/s1. The van der Waals surface area contributed by atoms with Crippen LogP contribution in [0.15, 0.2) is 60.8 Å². The summed E-state index contributed by atoms with van der Waals surface area (Å²) in [5.41, 5.74) is 1.14. The van der Waals surface area contributed by atoms with Crippen LogP contribution in [0.5, 0.6) is 0 Å². The Hall–Kier alpha value is -3.33. The molecule has 2 aromatic carbocycles. The van der Waals surface area contributed by atoms with Gasteiger partial charge in [-0.05, 0) is 55.2 Å². The molecule has 0 fully saturated rings. The molecule has 1 heterocycles. The van der Waals surface area contributed by atoms with E-state index in [-0.39, 0.29) is 12.8 Å². The van der Waals surface area contributed by atoms with E-state index in [1.165, 1.54) is 43.4 Å². The number of hydrogen-bond donors (Lipinski definition) is 2. The number of aryl methyl sites for hydroxylation is 2. The van der Waals surface area contributed by atoms with E-state index < -0.39 is 41.5 Å². The minimum atomic E-state index is -4.54. The molecule has 4 nitrogen and oxygen atoms in total. The maximum Gasteiger partial charge on any atom is 0.433 e. The largest absolute Gasteiger partial charge is 0.433 e. The average Bonchev–Trinajstić information content (AvgIpc) is 2.81. The summed E-state index contributed by atoms with van der Waals surface area (Å²) in [5.74, 6) is -1.35. The molecule has 1 aromatic heterocycles. The fourth-order valence-electron chi connectivity index (χ4n) is 3.63. The summed E-state index contributed by atoms with van der Waals surface area (Å²) >= 11 is 0. The molecule has 0 aliphatic rings. The number of pyridine rings is 1. The zero-order chi connectivity index (χ0) is 24.9. The van der Waals surface area contributed by atoms with Crippen LogP contribution in [-0.2, 0) is 17.4 Å². The van der Waals surface area contributed by atoms with Gasteiger partial charge < -0.3 is 5.32 Å². The Balaban J connectivity index is 1.90. The summed E-state index contributed by atoms with van der Waals surface area (Å²) in [7, 11) is 1.46. The quantitative estimate of drug-likeness (QED) is 0.425. The summed E-state index contributed by atoms with van der Waals surface area (Å²) in [6, 6.07) is 10.6. The molecule has 0 spiro atoms. The number of carbonyl (C=O) groups is 1. The lowest BCUT2D eigenvalue weighted by molar-refractivity contribution is -0.141. The lowest BCUT2D eigenvalue weighted by Gasteiger charge is -2.26. The summed E-state index contributed by atoms with van der Waals surface area (Å²) in [4.78, 5) is 16.1. The fourth-order valence-corrected chi connectivity index (χ4v) is 3.63. The fraction of sp³-hybridized carbons (Fsp3) is 0.280. The molecule has 1 amide bonds. The number of aromatic nitrogens is 1. The van der Waals surface area contributed by atoms with Gasteiger partial charge in [-0.1, -0.05) is 35.9 Å². The van der Waals surface area contributed by atoms with Crippen LogP contribution in [0.25, 0.3) is 0 Å². The minimum Gasteiger partial charge on any atom is -0.358 e. The van der Waals surface area contributed by atoms with Crippen molar-refractivity contribution in [1.82, 2.24) is 15.6 Å². The van der Waals surface area contributed by atoms with Crippen LogP contribution in [-0.4, -0.2) is 17.9 Å². The third-order valence-corrected chi connectivity index (χ3v) is 5.44. The number of alkyl halides is 3. The van der Waals surface area contributed by atoms with E-state index in [1.807, 2.05) is 0 Å². The smallest absolute Gasteiger partial charge is 0.358 e. The lowest BCUT2D eigenvalue weighted by Crippen LogP contribution is -2.38. The first kappa shape index (κ1) is 25.3. The second-order valence-electron chi connectivity index (χ2n) is 7.93. The summed E-state index contributed by atoms with van der Waals surface area (Å²) in [6.45, 7) is 1.80. The Bertz CT molecular complexity index is 1110. The molecule has 34 heavy (non-hydrogen) atoms. The van der Waals surface area contributed by atoms with Crippen molar-refractivity contribution in [2.75, 3.05) is 7.05 Å². The molecule has 2 N–H and O–H groups in total.